The highest BCUT2D eigenvalue weighted by Crippen LogP contribution is 2.40. The van der Waals surface area contributed by atoms with Crippen LogP contribution >= 0.6 is 24.2 Å². The minimum Gasteiger partial charge on any atom is -0.356 e. The summed E-state index contributed by atoms with van der Waals surface area (Å²) >= 11 is 10.4. The number of nitrogens with zero attached hydrogens (tertiary/aromatic N) is 5. The molecule has 10 heteroatoms. The van der Waals surface area contributed by atoms with Gasteiger partial charge in [0, 0.05) is 25.2 Å². The molecule has 1 saturated heterocycles. The molecule has 0 radical (unpaired) electrons. The molecule has 5 nitrogen and oxygen atoms in total. The normalized spacial score (nSPS) is 15.7. The summed E-state index contributed by atoms with van der Waals surface area (Å²) in [5.74, 6) is -2.06. The molecule has 1 aromatic carbocycles. The van der Waals surface area contributed by atoms with Gasteiger partial charge in [0.05, 0.1) is 11.1 Å². The zero-order chi connectivity index (χ0) is 19.3. The molecular weight excluding hydrogens is 399 g/mol. The molecule has 3 aromatic rings. The smallest absolute Gasteiger partial charge is 0.256 e. The Hall–Kier alpha value is -2.00. The average molecular weight is 414 g/mol. The Balaban J connectivity index is 2.03. The van der Waals surface area contributed by atoms with Crippen LogP contribution in [0, 0.1) is 23.4 Å². The maximum Gasteiger partial charge on any atom is 0.256 e. The van der Waals surface area contributed by atoms with Gasteiger partial charge in [-0.3, -0.25) is 0 Å². The van der Waals surface area contributed by atoms with E-state index in [0.29, 0.717) is 37.0 Å². The molecule has 27 heavy (non-hydrogen) atoms. The van der Waals surface area contributed by atoms with Crippen molar-refractivity contribution in [1.82, 2.24) is 19.6 Å². The SMILES string of the molecule is CC1CCN(c2c(-c3c(F)cc(F)cc3F)c(Cl)nc3nc(S)nn23)CC1. The number of hydrogen-bond acceptors (Lipinski definition) is 5. The molecule has 1 aliphatic heterocycles. The molecule has 0 bridgehead atoms. The number of fused-ring (bicyclic) bond motifs is 1. The first-order valence-corrected chi connectivity index (χ1v) is 9.22. The molecule has 1 aliphatic rings. The molecule has 1 fully saturated rings. The Morgan fingerprint density at radius 3 is 2.33 bits per heavy atom. The van der Waals surface area contributed by atoms with Gasteiger partial charge >= 0.3 is 0 Å². The topological polar surface area (TPSA) is 46.3 Å². The average Bonchev–Trinajstić information content (AvgIpc) is 2.95. The molecule has 0 spiro atoms. The van der Waals surface area contributed by atoms with Gasteiger partial charge in [-0.1, -0.05) is 18.5 Å². The van der Waals surface area contributed by atoms with E-state index in [9.17, 15) is 13.2 Å². The van der Waals surface area contributed by atoms with Gasteiger partial charge in [-0.15, -0.1) is 17.7 Å². The van der Waals surface area contributed by atoms with E-state index in [1.54, 1.807) is 0 Å². The first kappa shape index (κ1) is 18.4. The highest BCUT2D eigenvalue weighted by molar-refractivity contribution is 7.80. The molecule has 0 amide bonds. The number of anilines is 1. The number of hydrogen-bond donors (Lipinski definition) is 1. The Bertz CT molecular complexity index is 1010. The highest BCUT2D eigenvalue weighted by Gasteiger charge is 2.29. The van der Waals surface area contributed by atoms with Gasteiger partial charge in [0.1, 0.15) is 28.4 Å². The largest absolute Gasteiger partial charge is 0.356 e. The van der Waals surface area contributed by atoms with Crippen LogP contribution in [0.2, 0.25) is 5.15 Å². The quantitative estimate of drug-likeness (QED) is 0.500. The number of halogens is 4. The Labute approximate surface area is 163 Å². The van der Waals surface area contributed by atoms with E-state index in [1.165, 1.54) is 4.52 Å². The Kier molecular flexibility index (Phi) is 4.67. The fourth-order valence-corrected chi connectivity index (χ4v) is 3.79. The standard InChI is InChI=1S/C17H15ClF3N5S/c1-8-2-4-25(5-3-8)15-13(12-10(20)6-9(19)7-11(12)21)14(18)22-16-23-17(27)24-26(15)16/h6-8H,2-5H2,1H3,(H,24,27). The van der Waals surface area contributed by atoms with Crippen LogP contribution in [-0.4, -0.2) is 32.7 Å². The summed E-state index contributed by atoms with van der Waals surface area (Å²) in [6.07, 6.45) is 1.80. The summed E-state index contributed by atoms with van der Waals surface area (Å²) in [5.41, 5.74) is -0.424. The van der Waals surface area contributed by atoms with Gasteiger partial charge in [0.15, 0.2) is 0 Å². The number of benzene rings is 1. The second-order valence-corrected chi connectivity index (χ2v) is 7.40. The molecule has 0 unspecified atom stereocenters. The minimum absolute atomic E-state index is 0.0203. The molecule has 3 heterocycles. The minimum atomic E-state index is -1.06. The van der Waals surface area contributed by atoms with Gasteiger partial charge in [0.25, 0.3) is 5.78 Å². The van der Waals surface area contributed by atoms with Gasteiger partial charge in [-0.2, -0.15) is 14.5 Å². The molecule has 2 aromatic heterocycles. The number of thiol groups is 1. The predicted molar refractivity (Wildman–Crippen MR) is 99.0 cm³/mol. The maximum absolute atomic E-state index is 14.5. The molecular formula is C17H15ClF3N5S. The first-order chi connectivity index (χ1) is 12.8. The summed E-state index contributed by atoms with van der Waals surface area (Å²) in [6, 6.07) is 1.23. The van der Waals surface area contributed by atoms with Crippen molar-refractivity contribution in [2.24, 2.45) is 5.92 Å². The lowest BCUT2D eigenvalue weighted by molar-refractivity contribution is 0.435. The molecule has 0 N–H and O–H groups in total. The van der Waals surface area contributed by atoms with Crippen LogP contribution in [0.4, 0.5) is 19.0 Å². The van der Waals surface area contributed by atoms with Crippen molar-refractivity contribution in [3.05, 3.63) is 34.7 Å². The van der Waals surface area contributed by atoms with Crippen LogP contribution in [0.3, 0.4) is 0 Å². The van der Waals surface area contributed by atoms with Gasteiger partial charge < -0.3 is 4.90 Å². The van der Waals surface area contributed by atoms with Crippen LogP contribution in [0.15, 0.2) is 17.3 Å². The van der Waals surface area contributed by atoms with Crippen LogP contribution in [-0.2, 0) is 0 Å². The predicted octanol–water partition coefficient (Wildman–Crippen LogP) is 4.39. The summed E-state index contributed by atoms with van der Waals surface area (Å²) < 4.78 is 43.9. The van der Waals surface area contributed by atoms with Crippen molar-refractivity contribution in [2.45, 2.75) is 24.9 Å². The first-order valence-electron chi connectivity index (χ1n) is 8.40. The fraction of sp³-hybridized carbons (Fsp3) is 0.353. The van der Waals surface area contributed by atoms with Gasteiger partial charge in [-0.05, 0) is 18.8 Å². The van der Waals surface area contributed by atoms with Crippen LogP contribution in [0.25, 0.3) is 16.9 Å². The summed E-state index contributed by atoms with van der Waals surface area (Å²) in [4.78, 5) is 10.1. The van der Waals surface area contributed by atoms with Crippen molar-refractivity contribution in [3.8, 4) is 11.1 Å². The Morgan fingerprint density at radius 2 is 1.70 bits per heavy atom. The molecule has 142 valence electrons. The van der Waals surface area contributed by atoms with Crippen molar-refractivity contribution < 1.29 is 13.2 Å². The third-order valence-corrected chi connectivity index (χ3v) is 5.21. The van der Waals surface area contributed by atoms with Crippen molar-refractivity contribution >= 4 is 35.8 Å². The molecule has 4 rings (SSSR count). The maximum atomic E-state index is 14.5. The fourth-order valence-electron chi connectivity index (χ4n) is 3.36. The second kappa shape index (κ2) is 6.87. The lowest BCUT2D eigenvalue weighted by atomic mass is 9.98. The van der Waals surface area contributed by atoms with E-state index in [1.807, 2.05) is 4.90 Å². The number of aromatic nitrogens is 4. The number of piperidine rings is 1. The molecule has 0 atom stereocenters. The van der Waals surface area contributed by atoms with E-state index < -0.39 is 23.0 Å². The van der Waals surface area contributed by atoms with Crippen molar-refractivity contribution in [3.63, 3.8) is 0 Å². The van der Waals surface area contributed by atoms with E-state index in [0.717, 1.165) is 12.8 Å². The Morgan fingerprint density at radius 1 is 1.07 bits per heavy atom. The lowest BCUT2D eigenvalue weighted by Crippen LogP contribution is -2.35. The second-order valence-electron chi connectivity index (χ2n) is 6.64. The number of rotatable bonds is 2. The monoisotopic (exact) mass is 413 g/mol. The molecule has 0 aliphatic carbocycles. The summed E-state index contributed by atoms with van der Waals surface area (Å²) in [6.45, 7) is 3.44. The highest BCUT2D eigenvalue weighted by atomic mass is 35.5. The van der Waals surface area contributed by atoms with Gasteiger partial charge in [0.2, 0.25) is 5.16 Å². The zero-order valence-corrected chi connectivity index (χ0v) is 15.9. The lowest BCUT2D eigenvalue weighted by Gasteiger charge is -2.33. The van der Waals surface area contributed by atoms with Crippen molar-refractivity contribution in [1.29, 1.82) is 0 Å². The van der Waals surface area contributed by atoms with Crippen LogP contribution in [0.1, 0.15) is 19.8 Å². The molecule has 0 saturated carbocycles. The van der Waals surface area contributed by atoms with Crippen LogP contribution in [0.5, 0.6) is 0 Å². The van der Waals surface area contributed by atoms with Crippen molar-refractivity contribution in [2.75, 3.05) is 18.0 Å². The van der Waals surface area contributed by atoms with Gasteiger partial charge in [-0.25, -0.2) is 13.2 Å². The third-order valence-electron chi connectivity index (χ3n) is 4.75. The van der Waals surface area contributed by atoms with E-state index in [4.69, 9.17) is 11.6 Å². The van der Waals surface area contributed by atoms with E-state index in [2.05, 4.69) is 34.6 Å². The summed E-state index contributed by atoms with van der Waals surface area (Å²) in [7, 11) is 0. The zero-order valence-electron chi connectivity index (χ0n) is 14.3. The van der Waals surface area contributed by atoms with E-state index in [-0.39, 0.29) is 21.7 Å². The van der Waals surface area contributed by atoms with E-state index >= 15 is 0 Å². The summed E-state index contributed by atoms with van der Waals surface area (Å²) in [5, 5.41) is 4.22. The van der Waals surface area contributed by atoms with Crippen LogP contribution < -0.4 is 4.90 Å². The third kappa shape index (κ3) is 3.23.